The lowest BCUT2D eigenvalue weighted by Gasteiger charge is -2.12. The topological polar surface area (TPSA) is 71.1 Å². The van der Waals surface area contributed by atoms with Crippen LogP contribution < -0.4 is 9.47 Å². The molecule has 0 fully saturated rings. The number of carbonyl (C=O) groups excluding carboxylic acids is 2. The van der Waals surface area contributed by atoms with Crippen LogP contribution in [0.15, 0.2) is 48.5 Å². The number of rotatable bonds is 18. The van der Waals surface area contributed by atoms with E-state index in [0.29, 0.717) is 30.1 Å². The molecule has 0 aliphatic heterocycles. The Balaban J connectivity index is 1.70. The second-order valence-corrected chi connectivity index (χ2v) is 9.01. The van der Waals surface area contributed by atoms with Crippen molar-refractivity contribution in [1.29, 1.82) is 0 Å². The molecule has 6 nitrogen and oxygen atoms in total. The Bertz CT molecular complexity index is 875. The zero-order chi connectivity index (χ0) is 26.0. The van der Waals surface area contributed by atoms with Crippen LogP contribution in [0.2, 0.25) is 0 Å². The second kappa shape index (κ2) is 17.6. The van der Waals surface area contributed by atoms with Gasteiger partial charge in [0.05, 0.1) is 30.4 Å². The molecule has 36 heavy (non-hydrogen) atoms. The molecule has 0 saturated carbocycles. The number of benzene rings is 2. The van der Waals surface area contributed by atoms with Crippen LogP contribution in [0.25, 0.3) is 0 Å². The lowest BCUT2D eigenvalue weighted by atomic mass is 10.1. The molecule has 0 amide bonds. The fraction of sp³-hybridized carbons (Fsp3) is 0.533. The molecule has 0 N–H and O–H groups in total. The molecular weight excluding hydrogens is 456 g/mol. The van der Waals surface area contributed by atoms with Gasteiger partial charge in [0.15, 0.2) is 0 Å². The maximum absolute atomic E-state index is 12.5. The van der Waals surface area contributed by atoms with Crippen molar-refractivity contribution in [1.82, 2.24) is 0 Å². The van der Waals surface area contributed by atoms with Crippen molar-refractivity contribution in [2.75, 3.05) is 19.8 Å². The summed E-state index contributed by atoms with van der Waals surface area (Å²) in [5.74, 6) is 0.242. The minimum atomic E-state index is -0.466. The molecule has 2 aromatic carbocycles. The summed E-state index contributed by atoms with van der Waals surface area (Å²) >= 11 is 0. The largest absolute Gasteiger partial charge is 0.494 e. The lowest BCUT2D eigenvalue weighted by molar-refractivity contribution is 0.0393. The van der Waals surface area contributed by atoms with Crippen molar-refractivity contribution in [3.63, 3.8) is 0 Å². The van der Waals surface area contributed by atoms with Gasteiger partial charge in [0.25, 0.3) is 0 Å². The molecule has 0 bridgehead atoms. The summed E-state index contributed by atoms with van der Waals surface area (Å²) in [7, 11) is 0. The number of esters is 2. The summed E-state index contributed by atoms with van der Waals surface area (Å²) in [4.78, 5) is 24.7. The van der Waals surface area contributed by atoms with Crippen LogP contribution in [0.1, 0.15) is 99.3 Å². The molecule has 1 atom stereocenters. The highest BCUT2D eigenvalue weighted by Gasteiger charge is 2.12. The molecule has 2 aromatic rings. The predicted molar refractivity (Wildman–Crippen MR) is 142 cm³/mol. The highest BCUT2D eigenvalue weighted by molar-refractivity contribution is 5.92. The summed E-state index contributed by atoms with van der Waals surface area (Å²) in [6, 6.07) is 13.3. The summed E-state index contributed by atoms with van der Waals surface area (Å²) in [6.07, 6.45) is 10.0. The van der Waals surface area contributed by atoms with E-state index in [2.05, 4.69) is 13.8 Å². The van der Waals surface area contributed by atoms with E-state index in [1.807, 2.05) is 6.92 Å². The quantitative estimate of drug-likeness (QED) is 0.121. The molecular formula is C30H42O6. The Kier molecular flexibility index (Phi) is 14.3. The summed E-state index contributed by atoms with van der Waals surface area (Å²) in [5.41, 5.74) is 0.847. The first-order chi connectivity index (χ1) is 17.5. The van der Waals surface area contributed by atoms with Gasteiger partial charge in [0, 0.05) is 6.61 Å². The van der Waals surface area contributed by atoms with Crippen LogP contribution in [0, 0.1) is 0 Å². The minimum Gasteiger partial charge on any atom is -0.494 e. The van der Waals surface area contributed by atoms with Crippen molar-refractivity contribution in [2.45, 2.75) is 84.7 Å². The molecule has 0 heterocycles. The Morgan fingerprint density at radius 3 is 1.94 bits per heavy atom. The van der Waals surface area contributed by atoms with Crippen LogP contribution in [-0.2, 0) is 9.47 Å². The second-order valence-electron chi connectivity index (χ2n) is 9.01. The average molecular weight is 499 g/mol. The molecule has 2 rings (SSSR count). The third-order valence-corrected chi connectivity index (χ3v) is 5.75. The van der Waals surface area contributed by atoms with E-state index >= 15 is 0 Å². The summed E-state index contributed by atoms with van der Waals surface area (Å²) in [5, 5.41) is 0. The van der Waals surface area contributed by atoms with Gasteiger partial charge in [-0.15, -0.1) is 0 Å². The molecule has 198 valence electrons. The third-order valence-electron chi connectivity index (χ3n) is 5.75. The first-order valence-corrected chi connectivity index (χ1v) is 13.4. The molecule has 0 aliphatic rings. The van der Waals surface area contributed by atoms with Crippen molar-refractivity contribution >= 4 is 11.9 Å². The average Bonchev–Trinajstić information content (AvgIpc) is 2.90. The lowest BCUT2D eigenvalue weighted by Crippen LogP contribution is -2.12. The zero-order valence-corrected chi connectivity index (χ0v) is 22.1. The van der Waals surface area contributed by atoms with Gasteiger partial charge < -0.3 is 18.9 Å². The van der Waals surface area contributed by atoms with E-state index in [0.717, 1.165) is 38.0 Å². The summed E-state index contributed by atoms with van der Waals surface area (Å²) < 4.78 is 22.1. The van der Waals surface area contributed by atoms with Crippen molar-refractivity contribution < 1.29 is 28.5 Å². The van der Waals surface area contributed by atoms with Crippen molar-refractivity contribution in [2.24, 2.45) is 0 Å². The van der Waals surface area contributed by atoms with Gasteiger partial charge in [-0.2, -0.15) is 0 Å². The van der Waals surface area contributed by atoms with E-state index in [1.54, 1.807) is 48.5 Å². The molecule has 0 radical (unpaired) electrons. The number of hydrogen-bond donors (Lipinski definition) is 0. The van der Waals surface area contributed by atoms with E-state index in [1.165, 1.54) is 32.1 Å². The first kappa shape index (κ1) is 29.4. The van der Waals surface area contributed by atoms with Crippen LogP contribution in [0.5, 0.6) is 11.5 Å². The van der Waals surface area contributed by atoms with Crippen LogP contribution in [-0.4, -0.2) is 37.9 Å². The maximum Gasteiger partial charge on any atom is 0.343 e. The molecule has 6 heteroatoms. The van der Waals surface area contributed by atoms with Gasteiger partial charge >= 0.3 is 11.9 Å². The van der Waals surface area contributed by atoms with Gasteiger partial charge in [0.1, 0.15) is 11.5 Å². The van der Waals surface area contributed by atoms with Gasteiger partial charge in [0.2, 0.25) is 0 Å². The Hall–Kier alpha value is -2.86. The monoisotopic (exact) mass is 498 g/mol. The van der Waals surface area contributed by atoms with Crippen LogP contribution >= 0.6 is 0 Å². The van der Waals surface area contributed by atoms with Crippen molar-refractivity contribution in [3.8, 4) is 11.5 Å². The van der Waals surface area contributed by atoms with E-state index in [-0.39, 0.29) is 6.10 Å². The molecule has 0 aliphatic carbocycles. The van der Waals surface area contributed by atoms with E-state index in [4.69, 9.17) is 18.9 Å². The van der Waals surface area contributed by atoms with Gasteiger partial charge in [-0.05, 0) is 81.1 Å². The highest BCUT2D eigenvalue weighted by atomic mass is 16.5. The van der Waals surface area contributed by atoms with Gasteiger partial charge in [-0.3, -0.25) is 0 Å². The first-order valence-electron chi connectivity index (χ1n) is 13.4. The molecule has 0 aromatic heterocycles. The number of ether oxygens (including phenoxy) is 4. The summed E-state index contributed by atoms with van der Waals surface area (Å²) in [6.45, 7) is 8.08. The minimum absolute atomic E-state index is 0.159. The van der Waals surface area contributed by atoms with Crippen LogP contribution in [0.3, 0.4) is 0 Å². The zero-order valence-electron chi connectivity index (χ0n) is 22.1. The Morgan fingerprint density at radius 2 is 1.28 bits per heavy atom. The normalized spacial score (nSPS) is 11.6. The number of unbranched alkanes of at least 4 members (excludes halogenated alkanes) is 5. The smallest absolute Gasteiger partial charge is 0.343 e. The fourth-order valence-electron chi connectivity index (χ4n) is 3.61. The molecule has 0 saturated heterocycles. The fourth-order valence-corrected chi connectivity index (χ4v) is 3.61. The number of carbonyl (C=O) groups is 2. The Labute approximate surface area is 216 Å². The molecule has 0 spiro atoms. The number of hydrogen-bond acceptors (Lipinski definition) is 6. The Morgan fingerprint density at radius 1 is 0.667 bits per heavy atom. The SMILES string of the molecule is CCCCCCCCOc1ccc(C(=O)Oc2ccc(C(=O)OCCCC(C)OCCC)cc2)cc1. The van der Waals surface area contributed by atoms with Gasteiger partial charge in [-0.25, -0.2) is 9.59 Å². The van der Waals surface area contributed by atoms with E-state index in [9.17, 15) is 9.59 Å². The predicted octanol–water partition coefficient (Wildman–Crippen LogP) is 7.40. The molecule has 1 unspecified atom stereocenters. The maximum atomic E-state index is 12.5. The van der Waals surface area contributed by atoms with E-state index < -0.39 is 11.9 Å². The van der Waals surface area contributed by atoms with Crippen LogP contribution in [0.4, 0.5) is 0 Å². The van der Waals surface area contributed by atoms with Crippen molar-refractivity contribution in [3.05, 3.63) is 59.7 Å². The third kappa shape index (κ3) is 11.7. The standard InChI is InChI=1S/C30H42O6/c1-4-6-7-8-9-10-22-34-27-17-13-26(14-18-27)30(32)36-28-19-15-25(16-20-28)29(31)35-23-11-12-24(3)33-21-5-2/h13-20,24H,4-12,21-23H2,1-3H3. The highest BCUT2D eigenvalue weighted by Crippen LogP contribution is 2.18. The van der Waals surface area contributed by atoms with Gasteiger partial charge in [-0.1, -0.05) is 46.0 Å².